The smallest absolute Gasteiger partial charge is 0.118 e. The Morgan fingerprint density at radius 1 is 1.17 bits per heavy atom. The first-order valence-corrected chi connectivity index (χ1v) is 4.75. The molecule has 0 bridgehead atoms. The molecule has 1 nitrogen and oxygen atoms in total. The molecule has 1 aliphatic heterocycles. The number of rotatable bonds is 2. The third kappa shape index (κ3) is 1.77. The fourth-order valence-electron chi connectivity index (χ4n) is 1.04. The van der Waals surface area contributed by atoms with Gasteiger partial charge in [-0.3, -0.25) is 4.99 Å². The summed E-state index contributed by atoms with van der Waals surface area (Å²) in [5, 5.41) is 0.285. The van der Waals surface area contributed by atoms with E-state index in [0.717, 1.165) is 0 Å². The normalized spacial score (nSPS) is 20.2. The molecule has 0 aliphatic carbocycles. The van der Waals surface area contributed by atoms with Gasteiger partial charge in [-0.15, -0.1) is 0 Å². The Balaban J connectivity index is 2.04. The molecule has 1 aromatic carbocycles. The van der Waals surface area contributed by atoms with E-state index in [-0.39, 0.29) is 5.37 Å². The monoisotopic (exact) mass is 175 g/mol. The van der Waals surface area contributed by atoms with Crippen LogP contribution < -0.4 is 0 Å². The van der Waals surface area contributed by atoms with E-state index in [0.29, 0.717) is 0 Å². The van der Waals surface area contributed by atoms with Crippen molar-refractivity contribution in [3.05, 3.63) is 42.5 Å². The maximum Gasteiger partial charge on any atom is 0.118 e. The highest BCUT2D eigenvalue weighted by Gasteiger charge is 2.05. The Bertz CT molecular complexity index is 291. The number of thioether (sulfide) groups is 1. The van der Waals surface area contributed by atoms with E-state index in [2.05, 4.69) is 23.2 Å². The molecule has 2 rings (SSSR count). The zero-order valence-electron chi connectivity index (χ0n) is 6.55. The van der Waals surface area contributed by atoms with E-state index < -0.39 is 0 Å². The fourth-order valence-corrected chi connectivity index (χ4v) is 1.93. The third-order valence-electron chi connectivity index (χ3n) is 1.59. The average Bonchev–Trinajstić information content (AvgIpc) is 2.59. The highest BCUT2D eigenvalue weighted by atomic mass is 32.2. The van der Waals surface area contributed by atoms with Gasteiger partial charge in [0.1, 0.15) is 5.37 Å². The molecule has 60 valence electrons. The maximum atomic E-state index is 4.26. The number of hydrogen-bond acceptors (Lipinski definition) is 2. The van der Waals surface area contributed by atoms with Crippen LogP contribution in [0.15, 0.2) is 52.4 Å². The maximum absolute atomic E-state index is 4.26. The summed E-state index contributed by atoms with van der Waals surface area (Å²) in [6.45, 7) is 0. The van der Waals surface area contributed by atoms with Gasteiger partial charge in [-0.2, -0.15) is 0 Å². The van der Waals surface area contributed by atoms with Crippen LogP contribution in [-0.2, 0) is 0 Å². The van der Waals surface area contributed by atoms with Crippen molar-refractivity contribution < 1.29 is 0 Å². The van der Waals surface area contributed by atoms with E-state index >= 15 is 0 Å². The molecule has 12 heavy (non-hydrogen) atoms. The minimum absolute atomic E-state index is 0.285. The van der Waals surface area contributed by atoms with Gasteiger partial charge < -0.3 is 0 Å². The molecule has 2 heteroatoms. The van der Waals surface area contributed by atoms with Crippen LogP contribution in [0.25, 0.3) is 0 Å². The second kappa shape index (κ2) is 3.59. The van der Waals surface area contributed by atoms with Crippen molar-refractivity contribution in [2.45, 2.75) is 10.3 Å². The van der Waals surface area contributed by atoms with Crippen LogP contribution >= 0.6 is 11.8 Å². The number of benzene rings is 1. The van der Waals surface area contributed by atoms with Crippen molar-refractivity contribution in [1.29, 1.82) is 0 Å². The first kappa shape index (κ1) is 7.62. The van der Waals surface area contributed by atoms with Crippen molar-refractivity contribution in [2.24, 2.45) is 4.99 Å². The highest BCUT2D eigenvalue weighted by Crippen LogP contribution is 2.25. The Kier molecular flexibility index (Phi) is 2.28. The zero-order chi connectivity index (χ0) is 8.23. The second-order valence-corrected chi connectivity index (χ2v) is 3.69. The molecule has 1 unspecified atom stereocenters. The van der Waals surface area contributed by atoms with Gasteiger partial charge in [0, 0.05) is 11.1 Å². The Hall–Kier alpha value is -1.02. The summed E-state index contributed by atoms with van der Waals surface area (Å²) >= 11 is 1.77. The topological polar surface area (TPSA) is 12.4 Å². The molecule has 0 radical (unpaired) electrons. The van der Waals surface area contributed by atoms with Gasteiger partial charge in [0.2, 0.25) is 0 Å². The molecule has 1 heterocycles. The molecule has 1 atom stereocenters. The van der Waals surface area contributed by atoms with Crippen molar-refractivity contribution in [3.63, 3.8) is 0 Å². The van der Waals surface area contributed by atoms with Crippen LogP contribution in [0.2, 0.25) is 0 Å². The van der Waals surface area contributed by atoms with Crippen LogP contribution in [0.3, 0.4) is 0 Å². The van der Waals surface area contributed by atoms with Gasteiger partial charge in [0.25, 0.3) is 0 Å². The average molecular weight is 175 g/mol. The number of allylic oxidation sites excluding steroid dienone is 1. The molecule has 0 saturated heterocycles. The lowest BCUT2D eigenvalue weighted by Crippen LogP contribution is -1.87. The van der Waals surface area contributed by atoms with Crippen LogP contribution in [0.1, 0.15) is 0 Å². The zero-order valence-corrected chi connectivity index (χ0v) is 7.37. The summed E-state index contributed by atoms with van der Waals surface area (Å²) in [4.78, 5) is 5.53. The molecule has 0 amide bonds. The predicted molar refractivity (Wildman–Crippen MR) is 53.7 cm³/mol. The fraction of sp³-hybridized carbons (Fsp3) is 0.100. The molecule has 0 spiro atoms. The summed E-state index contributed by atoms with van der Waals surface area (Å²) in [5.74, 6) is 0. The van der Waals surface area contributed by atoms with Crippen molar-refractivity contribution >= 4 is 18.0 Å². The van der Waals surface area contributed by atoms with Crippen molar-refractivity contribution in [1.82, 2.24) is 0 Å². The Morgan fingerprint density at radius 2 is 2.00 bits per heavy atom. The summed E-state index contributed by atoms with van der Waals surface area (Å²) in [5.41, 5.74) is 0. The van der Waals surface area contributed by atoms with Gasteiger partial charge in [-0.25, -0.2) is 0 Å². The van der Waals surface area contributed by atoms with Crippen LogP contribution in [-0.4, -0.2) is 11.6 Å². The minimum Gasteiger partial charge on any atom is -0.274 e. The lowest BCUT2D eigenvalue weighted by Gasteiger charge is -2.02. The molecule has 0 aromatic heterocycles. The van der Waals surface area contributed by atoms with E-state index in [1.807, 2.05) is 30.5 Å². The largest absolute Gasteiger partial charge is 0.274 e. The molecule has 1 aliphatic rings. The first-order chi connectivity index (χ1) is 5.95. The van der Waals surface area contributed by atoms with E-state index in [1.165, 1.54) is 4.90 Å². The number of aliphatic imine (C=N–C) groups is 1. The van der Waals surface area contributed by atoms with E-state index in [1.54, 1.807) is 11.8 Å². The predicted octanol–water partition coefficient (Wildman–Crippen LogP) is 2.75. The SMILES string of the molecule is C1=CC(Sc2ccccc2)N=C1. The molecular weight excluding hydrogens is 166 g/mol. The van der Waals surface area contributed by atoms with E-state index in [4.69, 9.17) is 0 Å². The number of nitrogens with zero attached hydrogens (tertiary/aromatic N) is 1. The molecule has 0 fully saturated rings. The van der Waals surface area contributed by atoms with Gasteiger partial charge in [0.15, 0.2) is 0 Å². The van der Waals surface area contributed by atoms with Crippen molar-refractivity contribution in [2.75, 3.05) is 0 Å². The van der Waals surface area contributed by atoms with Crippen molar-refractivity contribution in [3.8, 4) is 0 Å². The molecule has 1 aromatic rings. The lowest BCUT2D eigenvalue weighted by atomic mass is 10.4. The second-order valence-electron chi connectivity index (χ2n) is 2.50. The third-order valence-corrected chi connectivity index (χ3v) is 2.66. The molecule has 0 saturated carbocycles. The van der Waals surface area contributed by atoms with Gasteiger partial charge in [0.05, 0.1) is 0 Å². The molecule has 0 N–H and O–H groups in total. The first-order valence-electron chi connectivity index (χ1n) is 3.87. The quantitative estimate of drug-likeness (QED) is 0.673. The Labute approximate surface area is 76.2 Å². The Morgan fingerprint density at radius 3 is 2.67 bits per heavy atom. The van der Waals surface area contributed by atoms with Gasteiger partial charge >= 0.3 is 0 Å². The summed E-state index contributed by atoms with van der Waals surface area (Å²) in [6, 6.07) is 10.3. The van der Waals surface area contributed by atoms with Crippen LogP contribution in [0.5, 0.6) is 0 Å². The molecular formula is C10H9NS. The lowest BCUT2D eigenvalue weighted by molar-refractivity contribution is 1.19. The van der Waals surface area contributed by atoms with Crippen LogP contribution in [0.4, 0.5) is 0 Å². The van der Waals surface area contributed by atoms with Gasteiger partial charge in [-0.05, 0) is 24.3 Å². The summed E-state index contributed by atoms with van der Waals surface area (Å²) < 4.78 is 0. The summed E-state index contributed by atoms with van der Waals surface area (Å²) in [7, 11) is 0. The highest BCUT2D eigenvalue weighted by molar-refractivity contribution is 8.00. The van der Waals surface area contributed by atoms with Gasteiger partial charge in [-0.1, -0.05) is 30.0 Å². The number of hydrogen-bond donors (Lipinski definition) is 0. The van der Waals surface area contributed by atoms with E-state index in [9.17, 15) is 0 Å². The summed E-state index contributed by atoms with van der Waals surface area (Å²) in [6.07, 6.45) is 5.93. The van der Waals surface area contributed by atoms with Crippen LogP contribution in [0, 0.1) is 0 Å². The minimum atomic E-state index is 0.285. The standard InChI is InChI=1S/C10H9NS/c1-2-5-9(6-3-1)12-10-7-4-8-11-10/h1-8,10H.